The van der Waals surface area contributed by atoms with Gasteiger partial charge in [-0.05, 0) is 25.1 Å². The number of nitrogens with one attached hydrogen (secondary N) is 3. The third-order valence-corrected chi connectivity index (χ3v) is 5.64. The number of fused-ring (bicyclic) bond motifs is 1. The van der Waals surface area contributed by atoms with Crippen LogP contribution in [0.2, 0.25) is 10.0 Å². The van der Waals surface area contributed by atoms with Crippen molar-refractivity contribution in [3.05, 3.63) is 57.8 Å². The number of amides is 1. The Balaban J connectivity index is 1.70. The first kappa shape index (κ1) is 26.3. The monoisotopic (exact) mass is 553 g/mol. The molecule has 3 aromatic heterocycles. The molecule has 0 aliphatic rings. The van der Waals surface area contributed by atoms with Crippen molar-refractivity contribution in [1.82, 2.24) is 19.9 Å². The topological polar surface area (TPSA) is 108 Å². The fourth-order valence-electron chi connectivity index (χ4n) is 3.35. The molecule has 0 atom stereocenters. The Morgan fingerprint density at radius 3 is 2.43 bits per heavy atom. The lowest BCUT2D eigenvalue weighted by Gasteiger charge is -2.17. The molecule has 0 aliphatic heterocycles. The number of carbonyl (C=O) groups is 1. The first-order valence-electron chi connectivity index (χ1n) is 10.8. The molecule has 1 amide bonds. The van der Waals surface area contributed by atoms with Gasteiger partial charge in [0.2, 0.25) is 5.95 Å². The van der Waals surface area contributed by atoms with E-state index < -0.39 is 17.6 Å². The van der Waals surface area contributed by atoms with E-state index in [1.165, 1.54) is 29.4 Å². The normalized spacial score (nSPS) is 11.5. The molecule has 4 rings (SSSR count). The molecular formula is C23H20Cl2F3N7O2. The Kier molecular flexibility index (Phi) is 7.32. The lowest BCUT2D eigenvalue weighted by molar-refractivity contribution is -0.137. The average Bonchev–Trinajstić information content (AvgIpc) is 3.22. The van der Waals surface area contributed by atoms with E-state index in [0.29, 0.717) is 16.7 Å². The predicted molar refractivity (Wildman–Crippen MR) is 136 cm³/mol. The first-order chi connectivity index (χ1) is 17.5. The van der Waals surface area contributed by atoms with E-state index in [1.807, 2.05) is 0 Å². The molecule has 4 aromatic rings. The van der Waals surface area contributed by atoms with Crippen molar-refractivity contribution in [3.63, 3.8) is 0 Å². The summed E-state index contributed by atoms with van der Waals surface area (Å²) in [6.45, 7) is 1.96. The molecule has 0 radical (unpaired) electrons. The highest BCUT2D eigenvalue weighted by atomic mass is 35.5. The van der Waals surface area contributed by atoms with Gasteiger partial charge in [0.25, 0.3) is 5.91 Å². The summed E-state index contributed by atoms with van der Waals surface area (Å²) >= 11 is 12.3. The molecule has 0 saturated heterocycles. The number of nitrogens with zero attached hydrogens (tertiary/aromatic N) is 4. The molecular weight excluding hydrogens is 534 g/mol. The summed E-state index contributed by atoms with van der Waals surface area (Å²) in [4.78, 5) is 30.0. The standard InChI is InChI=1S/C23H20Cl2F3N7O2/c1-4-37-17-8-16-15(30-22(31-16)34-20-13(24)9-29-10-14(20)25)7-12(17)21(36)33-18-5-11(23(26,27)28)6-19(32-18)35(2)3/h5-10H,4H2,1-3H3,(H,32,33,36)(H2,29,30,31,34). The lowest BCUT2D eigenvalue weighted by Crippen LogP contribution is -2.18. The number of hydrogen-bond acceptors (Lipinski definition) is 7. The van der Waals surface area contributed by atoms with Crippen molar-refractivity contribution in [2.24, 2.45) is 0 Å². The van der Waals surface area contributed by atoms with E-state index >= 15 is 0 Å². The van der Waals surface area contributed by atoms with Gasteiger partial charge >= 0.3 is 6.18 Å². The Morgan fingerprint density at radius 2 is 1.81 bits per heavy atom. The molecule has 14 heteroatoms. The van der Waals surface area contributed by atoms with Crippen LogP contribution in [0.1, 0.15) is 22.8 Å². The van der Waals surface area contributed by atoms with Crippen molar-refractivity contribution >= 4 is 63.4 Å². The SMILES string of the molecule is CCOc1cc2nc(Nc3c(Cl)cncc3Cl)[nH]c2cc1C(=O)Nc1cc(C(F)(F)F)cc(N(C)C)n1. The van der Waals surface area contributed by atoms with Crippen molar-refractivity contribution in [2.45, 2.75) is 13.1 Å². The lowest BCUT2D eigenvalue weighted by atomic mass is 10.1. The zero-order valence-electron chi connectivity index (χ0n) is 19.7. The molecule has 9 nitrogen and oxygen atoms in total. The van der Waals surface area contributed by atoms with Gasteiger partial charge in [-0.2, -0.15) is 13.2 Å². The maximum absolute atomic E-state index is 13.4. The number of pyridine rings is 2. The quantitative estimate of drug-likeness (QED) is 0.252. The van der Waals surface area contributed by atoms with Gasteiger partial charge in [-0.25, -0.2) is 9.97 Å². The third kappa shape index (κ3) is 5.81. The van der Waals surface area contributed by atoms with E-state index in [9.17, 15) is 18.0 Å². The molecule has 194 valence electrons. The molecule has 0 spiro atoms. The first-order valence-corrected chi connectivity index (χ1v) is 11.5. The largest absolute Gasteiger partial charge is 0.493 e. The fourth-order valence-corrected chi connectivity index (χ4v) is 3.81. The minimum absolute atomic E-state index is 0.0309. The Hall–Kier alpha value is -3.77. The summed E-state index contributed by atoms with van der Waals surface area (Å²) < 4.78 is 45.8. The average molecular weight is 554 g/mol. The Morgan fingerprint density at radius 1 is 1.11 bits per heavy atom. The number of aromatic nitrogens is 4. The number of ether oxygens (including phenoxy) is 1. The molecule has 0 saturated carbocycles. The number of imidazole rings is 1. The number of aromatic amines is 1. The third-order valence-electron chi connectivity index (χ3n) is 5.06. The number of anilines is 4. The highest BCUT2D eigenvalue weighted by Gasteiger charge is 2.32. The van der Waals surface area contributed by atoms with Gasteiger partial charge in [0.1, 0.15) is 17.4 Å². The molecule has 3 N–H and O–H groups in total. The number of carbonyl (C=O) groups excluding carboxylic acids is 1. The van der Waals surface area contributed by atoms with Crippen LogP contribution in [0.5, 0.6) is 5.75 Å². The number of alkyl halides is 3. The maximum atomic E-state index is 13.4. The Labute approximate surface area is 219 Å². The predicted octanol–water partition coefficient (Wildman–Crippen LogP) is 6.14. The van der Waals surface area contributed by atoms with Crippen LogP contribution in [0.25, 0.3) is 11.0 Å². The Bertz CT molecular complexity index is 1450. The number of H-pyrrole nitrogens is 1. The second kappa shape index (κ2) is 10.3. The summed E-state index contributed by atoms with van der Waals surface area (Å²) in [5, 5.41) is 5.96. The van der Waals surface area contributed by atoms with Crippen LogP contribution in [-0.2, 0) is 6.18 Å². The van der Waals surface area contributed by atoms with Crippen LogP contribution in [0.15, 0.2) is 36.7 Å². The van der Waals surface area contributed by atoms with Crippen LogP contribution in [0.4, 0.5) is 36.4 Å². The second-order valence-corrected chi connectivity index (χ2v) is 8.75. The van der Waals surface area contributed by atoms with Crippen molar-refractivity contribution < 1.29 is 22.7 Å². The molecule has 0 fully saturated rings. The van der Waals surface area contributed by atoms with Gasteiger partial charge < -0.3 is 25.3 Å². The van der Waals surface area contributed by atoms with Gasteiger partial charge in [0.05, 0.1) is 44.5 Å². The highest BCUT2D eigenvalue weighted by Crippen LogP contribution is 2.34. The van der Waals surface area contributed by atoms with Crippen LogP contribution in [0, 0.1) is 0 Å². The van der Waals surface area contributed by atoms with E-state index in [4.69, 9.17) is 27.9 Å². The van der Waals surface area contributed by atoms with Crippen molar-refractivity contribution in [1.29, 1.82) is 0 Å². The molecule has 1 aromatic carbocycles. The summed E-state index contributed by atoms with van der Waals surface area (Å²) in [7, 11) is 3.09. The van der Waals surface area contributed by atoms with Crippen molar-refractivity contribution in [2.75, 3.05) is 36.2 Å². The minimum atomic E-state index is -4.62. The van der Waals surface area contributed by atoms with Crippen molar-refractivity contribution in [3.8, 4) is 5.75 Å². The fraction of sp³-hybridized carbons (Fsp3) is 0.217. The maximum Gasteiger partial charge on any atom is 0.416 e. The number of rotatable bonds is 7. The summed E-state index contributed by atoms with van der Waals surface area (Å²) in [6, 6.07) is 4.68. The van der Waals surface area contributed by atoms with Gasteiger partial charge in [-0.1, -0.05) is 23.2 Å². The van der Waals surface area contributed by atoms with Crippen LogP contribution >= 0.6 is 23.2 Å². The van der Waals surface area contributed by atoms with Gasteiger partial charge in [0, 0.05) is 32.6 Å². The summed E-state index contributed by atoms with van der Waals surface area (Å²) in [5.41, 5.74) is 0.404. The molecule has 0 aliphatic carbocycles. The molecule has 37 heavy (non-hydrogen) atoms. The second-order valence-electron chi connectivity index (χ2n) is 7.93. The molecule has 3 heterocycles. The number of hydrogen-bond donors (Lipinski definition) is 3. The smallest absolute Gasteiger partial charge is 0.416 e. The molecule has 0 unspecified atom stereocenters. The summed E-state index contributed by atoms with van der Waals surface area (Å²) in [6.07, 6.45) is -1.79. The minimum Gasteiger partial charge on any atom is -0.493 e. The van der Waals surface area contributed by atoms with Crippen LogP contribution < -0.4 is 20.3 Å². The highest BCUT2D eigenvalue weighted by molar-refractivity contribution is 6.39. The van der Waals surface area contributed by atoms with Crippen LogP contribution in [0.3, 0.4) is 0 Å². The van der Waals surface area contributed by atoms with E-state index in [0.717, 1.165) is 12.1 Å². The van der Waals surface area contributed by atoms with E-state index in [-0.39, 0.29) is 45.5 Å². The zero-order chi connectivity index (χ0) is 26.9. The van der Waals surface area contributed by atoms with Gasteiger partial charge in [0.15, 0.2) is 0 Å². The van der Waals surface area contributed by atoms with E-state index in [2.05, 4.69) is 30.6 Å². The zero-order valence-corrected chi connectivity index (χ0v) is 21.2. The molecule has 0 bridgehead atoms. The van der Waals surface area contributed by atoms with Gasteiger partial charge in [-0.15, -0.1) is 0 Å². The van der Waals surface area contributed by atoms with Gasteiger partial charge in [-0.3, -0.25) is 9.78 Å². The van der Waals surface area contributed by atoms with Crippen LogP contribution in [-0.4, -0.2) is 46.5 Å². The number of halogens is 5. The summed E-state index contributed by atoms with van der Waals surface area (Å²) in [5.74, 6) is -0.486. The van der Waals surface area contributed by atoms with E-state index in [1.54, 1.807) is 21.0 Å². The number of benzene rings is 1.